The van der Waals surface area contributed by atoms with Gasteiger partial charge in [0, 0.05) is 18.0 Å². The van der Waals surface area contributed by atoms with E-state index >= 15 is 0 Å². The minimum absolute atomic E-state index is 0.145. The van der Waals surface area contributed by atoms with E-state index in [0.29, 0.717) is 19.0 Å². The molecule has 1 spiro atoms. The Bertz CT molecular complexity index is 924. The number of amides is 1. The van der Waals surface area contributed by atoms with Crippen molar-refractivity contribution in [1.82, 2.24) is 34.8 Å². The topological polar surface area (TPSA) is 102 Å². The molecule has 1 amide bonds. The number of thiophene rings is 1. The van der Waals surface area contributed by atoms with Gasteiger partial charge in [-0.3, -0.25) is 14.5 Å². The third kappa shape index (κ3) is 2.44. The molecule has 1 fully saturated rings. The van der Waals surface area contributed by atoms with Crippen LogP contribution in [0.2, 0.25) is 0 Å². The summed E-state index contributed by atoms with van der Waals surface area (Å²) in [4.78, 5) is 20.2. The molecule has 0 aliphatic carbocycles. The molecule has 2 aliphatic rings. The summed E-state index contributed by atoms with van der Waals surface area (Å²) in [7, 11) is 0. The fourth-order valence-electron chi connectivity index (χ4n) is 3.71. The molecule has 10 heteroatoms. The normalized spacial score (nSPS) is 18.8. The van der Waals surface area contributed by atoms with Gasteiger partial charge in [0.25, 0.3) is 11.9 Å². The predicted octanol–water partition coefficient (Wildman–Crippen LogP) is 1.15. The third-order valence-electron chi connectivity index (χ3n) is 5.09. The quantitative estimate of drug-likeness (QED) is 0.725. The summed E-state index contributed by atoms with van der Waals surface area (Å²) in [6.45, 7) is 2.03. The fraction of sp³-hybridized carbons (Fsp3) is 0.438. The number of piperidine rings is 1. The highest BCUT2D eigenvalue weighted by Gasteiger charge is 2.43. The van der Waals surface area contributed by atoms with Crippen LogP contribution in [0.5, 0.6) is 0 Å². The zero-order valence-electron chi connectivity index (χ0n) is 14.0. The van der Waals surface area contributed by atoms with Crippen LogP contribution in [0.25, 0.3) is 5.95 Å². The molecule has 0 atom stereocenters. The molecule has 0 bridgehead atoms. The van der Waals surface area contributed by atoms with Gasteiger partial charge in [0.15, 0.2) is 0 Å². The Morgan fingerprint density at radius 3 is 2.88 bits per heavy atom. The fourth-order valence-corrected chi connectivity index (χ4v) is 4.88. The van der Waals surface area contributed by atoms with Crippen molar-refractivity contribution in [3.63, 3.8) is 0 Å². The maximum absolute atomic E-state index is 12.8. The Hall–Kier alpha value is -2.59. The molecule has 5 rings (SSSR count). The largest absolute Gasteiger partial charge is 0.369 e. The highest BCUT2D eigenvalue weighted by atomic mass is 32.1. The Morgan fingerprint density at radius 2 is 2.08 bits per heavy atom. The molecule has 3 aromatic rings. The van der Waals surface area contributed by atoms with E-state index in [9.17, 15) is 4.79 Å². The molecule has 2 aliphatic heterocycles. The van der Waals surface area contributed by atoms with Crippen molar-refractivity contribution in [3.05, 3.63) is 40.4 Å². The number of carbonyl (C=O) groups is 1. The Morgan fingerprint density at radius 1 is 1.27 bits per heavy atom. The Labute approximate surface area is 153 Å². The van der Waals surface area contributed by atoms with Crippen molar-refractivity contribution in [3.8, 4) is 5.95 Å². The van der Waals surface area contributed by atoms with Crippen LogP contribution in [0.1, 0.15) is 33.9 Å². The summed E-state index contributed by atoms with van der Waals surface area (Å²) in [6.07, 6.45) is 5.56. The van der Waals surface area contributed by atoms with Gasteiger partial charge in [-0.15, -0.1) is 26.6 Å². The lowest BCUT2D eigenvalue weighted by atomic mass is 9.85. The molecule has 1 N–H and O–H groups in total. The maximum atomic E-state index is 12.8. The molecule has 0 unspecified atom stereocenters. The average molecular weight is 371 g/mol. The average Bonchev–Trinajstić information content (AvgIpc) is 3.41. The van der Waals surface area contributed by atoms with Crippen molar-refractivity contribution in [2.24, 2.45) is 0 Å². The molecule has 0 radical (unpaired) electrons. The number of nitrogens with one attached hydrogen (secondary N) is 1. The van der Waals surface area contributed by atoms with Crippen LogP contribution in [-0.4, -0.2) is 60.4 Å². The van der Waals surface area contributed by atoms with Crippen LogP contribution >= 0.6 is 11.3 Å². The van der Waals surface area contributed by atoms with Crippen LogP contribution in [0, 0.1) is 0 Å². The van der Waals surface area contributed by atoms with E-state index in [-0.39, 0.29) is 17.3 Å². The summed E-state index contributed by atoms with van der Waals surface area (Å²) in [6, 6.07) is 2.20. The van der Waals surface area contributed by atoms with Crippen molar-refractivity contribution < 1.29 is 9.53 Å². The highest BCUT2D eigenvalue weighted by molar-refractivity contribution is 7.10. The van der Waals surface area contributed by atoms with Gasteiger partial charge in [-0.05, 0) is 36.3 Å². The van der Waals surface area contributed by atoms with Crippen LogP contribution in [0.4, 0.5) is 0 Å². The van der Waals surface area contributed by atoms with Crippen LogP contribution in [-0.2, 0) is 16.8 Å². The van der Waals surface area contributed by atoms with Gasteiger partial charge in [0.05, 0.1) is 6.61 Å². The number of ether oxygens (including phenoxy) is 1. The first-order valence-electron chi connectivity index (χ1n) is 8.53. The predicted molar refractivity (Wildman–Crippen MR) is 92.1 cm³/mol. The van der Waals surface area contributed by atoms with E-state index < -0.39 is 0 Å². The van der Waals surface area contributed by atoms with Crippen molar-refractivity contribution >= 4 is 17.2 Å². The molecule has 3 aromatic heterocycles. The van der Waals surface area contributed by atoms with E-state index in [1.807, 2.05) is 4.90 Å². The van der Waals surface area contributed by atoms with E-state index in [2.05, 4.69) is 36.8 Å². The molecular formula is C16H17N7O2S. The summed E-state index contributed by atoms with van der Waals surface area (Å²) in [5.74, 6) is 0.436. The van der Waals surface area contributed by atoms with Gasteiger partial charge in [0.1, 0.15) is 18.3 Å². The molecule has 0 saturated carbocycles. The number of hydrogen-bond donors (Lipinski definition) is 1. The van der Waals surface area contributed by atoms with E-state index in [0.717, 1.165) is 25.9 Å². The van der Waals surface area contributed by atoms with Gasteiger partial charge in [-0.25, -0.2) is 0 Å². The smallest absolute Gasteiger partial charge is 0.291 e. The standard InChI is InChI=1S/C16H17N7O2S/c24-14(13-19-15(21-20-13)23-9-17-18-10-23)22-5-3-16(4-6-22)12-11(1-7-25-16)2-8-26-12/h2,8-10H,1,3-7H2,(H,19,20,21). The number of aromatic nitrogens is 6. The van der Waals surface area contributed by atoms with Gasteiger partial charge in [0.2, 0.25) is 5.82 Å². The number of likely N-dealkylation sites (tertiary alicyclic amines) is 1. The first kappa shape index (κ1) is 15.6. The SMILES string of the molecule is O=C(c1nc(-n2cnnc2)n[nH]1)N1CCC2(CC1)OCCc1ccsc12. The number of carbonyl (C=O) groups excluding carboxylic acids is 1. The zero-order valence-corrected chi connectivity index (χ0v) is 14.8. The number of fused-ring (bicyclic) bond motifs is 2. The van der Waals surface area contributed by atoms with Gasteiger partial charge in [-0.2, -0.15) is 4.98 Å². The van der Waals surface area contributed by atoms with Crippen LogP contribution in [0.15, 0.2) is 24.1 Å². The lowest BCUT2D eigenvalue weighted by Gasteiger charge is -2.43. The van der Waals surface area contributed by atoms with Gasteiger partial charge >= 0.3 is 0 Å². The highest BCUT2D eigenvalue weighted by Crippen LogP contribution is 2.44. The lowest BCUT2D eigenvalue weighted by molar-refractivity contribution is -0.0907. The molecule has 5 heterocycles. The second-order valence-corrected chi connectivity index (χ2v) is 7.43. The van der Waals surface area contributed by atoms with E-state index in [1.54, 1.807) is 15.9 Å². The number of aromatic amines is 1. The zero-order chi connectivity index (χ0) is 17.6. The Kier molecular flexibility index (Phi) is 3.61. The molecule has 26 heavy (non-hydrogen) atoms. The minimum Gasteiger partial charge on any atom is -0.369 e. The molecule has 134 valence electrons. The summed E-state index contributed by atoms with van der Waals surface area (Å²) in [5, 5.41) is 16.3. The monoisotopic (exact) mass is 371 g/mol. The molecular weight excluding hydrogens is 354 g/mol. The van der Waals surface area contributed by atoms with Gasteiger partial charge < -0.3 is 9.64 Å². The lowest BCUT2D eigenvalue weighted by Crippen LogP contribution is -2.48. The Balaban J connectivity index is 1.31. The van der Waals surface area contributed by atoms with Crippen molar-refractivity contribution in [2.75, 3.05) is 19.7 Å². The van der Waals surface area contributed by atoms with E-state index in [4.69, 9.17) is 4.74 Å². The first-order valence-corrected chi connectivity index (χ1v) is 9.41. The summed E-state index contributed by atoms with van der Waals surface area (Å²) < 4.78 is 7.75. The summed E-state index contributed by atoms with van der Waals surface area (Å²) in [5.41, 5.74) is 1.17. The van der Waals surface area contributed by atoms with Gasteiger partial charge in [-0.1, -0.05) is 0 Å². The van der Waals surface area contributed by atoms with Crippen LogP contribution in [0.3, 0.4) is 0 Å². The minimum atomic E-state index is -0.229. The van der Waals surface area contributed by atoms with E-state index in [1.165, 1.54) is 23.1 Å². The number of hydrogen-bond acceptors (Lipinski definition) is 7. The first-order chi connectivity index (χ1) is 12.8. The summed E-state index contributed by atoms with van der Waals surface area (Å²) >= 11 is 1.77. The maximum Gasteiger partial charge on any atom is 0.291 e. The van der Waals surface area contributed by atoms with Crippen molar-refractivity contribution in [2.45, 2.75) is 24.9 Å². The van der Waals surface area contributed by atoms with Crippen molar-refractivity contribution in [1.29, 1.82) is 0 Å². The third-order valence-corrected chi connectivity index (χ3v) is 6.24. The number of H-pyrrole nitrogens is 1. The molecule has 9 nitrogen and oxygen atoms in total. The number of rotatable bonds is 2. The molecule has 0 aromatic carbocycles. The molecule has 1 saturated heterocycles. The second kappa shape index (κ2) is 5.99. The van der Waals surface area contributed by atoms with Crippen LogP contribution < -0.4 is 0 Å². The number of nitrogens with zero attached hydrogens (tertiary/aromatic N) is 6. The second-order valence-electron chi connectivity index (χ2n) is 6.51.